The number of quaternary nitrogens is 1. The maximum atomic E-state index is 5.77. The lowest BCUT2D eigenvalue weighted by atomic mass is 10.2. The van der Waals surface area contributed by atoms with Crippen molar-refractivity contribution < 1.29 is 9.64 Å². The first-order valence-corrected chi connectivity index (χ1v) is 10.3. The number of methoxy groups -OCH3 is 1. The summed E-state index contributed by atoms with van der Waals surface area (Å²) in [7, 11) is 1.69. The molecule has 1 aliphatic carbocycles. The van der Waals surface area contributed by atoms with Gasteiger partial charge in [-0.05, 0) is 48.6 Å². The second-order valence-electron chi connectivity index (χ2n) is 7.36. The Bertz CT molecular complexity index is 1020. The molecule has 1 N–H and O–H groups in total. The first kappa shape index (κ1) is 19.5. The zero-order chi connectivity index (χ0) is 20.2. The molecule has 1 unspecified atom stereocenters. The fourth-order valence-electron chi connectivity index (χ4n) is 3.57. The number of hydrogen-bond donors (Lipinski definition) is 1. The summed E-state index contributed by atoms with van der Waals surface area (Å²) in [6.45, 7) is 6.18. The Labute approximate surface area is 176 Å². The number of nitrogens with zero attached hydrogens (tertiary/aromatic N) is 4. The van der Waals surface area contributed by atoms with E-state index < -0.39 is 0 Å². The Kier molecular flexibility index (Phi) is 5.87. The minimum atomic E-state index is 0.625. The van der Waals surface area contributed by atoms with E-state index in [9.17, 15) is 0 Å². The average Bonchev–Trinajstić information content (AvgIpc) is 3.56. The van der Waals surface area contributed by atoms with E-state index in [1.54, 1.807) is 13.3 Å². The van der Waals surface area contributed by atoms with Gasteiger partial charge < -0.3 is 9.64 Å². The molecule has 6 nitrogen and oxygen atoms in total. The van der Waals surface area contributed by atoms with Gasteiger partial charge in [-0.15, -0.1) is 11.7 Å². The number of nitrogens with one attached hydrogen (secondary N) is 1. The first-order valence-electron chi connectivity index (χ1n) is 9.86. The Morgan fingerprint density at radius 2 is 2.07 bits per heavy atom. The van der Waals surface area contributed by atoms with Crippen molar-refractivity contribution in [3.63, 3.8) is 0 Å². The van der Waals surface area contributed by atoms with E-state index in [-0.39, 0.29) is 0 Å². The largest absolute Gasteiger partial charge is 0.497 e. The van der Waals surface area contributed by atoms with Crippen LogP contribution in [-0.4, -0.2) is 32.5 Å². The normalized spacial score (nSPS) is 14.5. The Morgan fingerprint density at radius 3 is 2.69 bits per heavy atom. The molecule has 4 rings (SSSR count). The van der Waals surface area contributed by atoms with Gasteiger partial charge in [0, 0.05) is 42.9 Å². The summed E-state index contributed by atoms with van der Waals surface area (Å²) in [4.78, 5) is 5.71. The van der Waals surface area contributed by atoms with Gasteiger partial charge >= 0.3 is 0 Å². The first-order chi connectivity index (χ1) is 14.2. The molecule has 1 aromatic carbocycles. The molecule has 1 fully saturated rings. The number of hydrogen-bond acceptors (Lipinski definition) is 4. The molecule has 1 saturated carbocycles. The van der Waals surface area contributed by atoms with Crippen molar-refractivity contribution in [2.24, 2.45) is 0 Å². The lowest BCUT2D eigenvalue weighted by Crippen LogP contribution is -3.11. The van der Waals surface area contributed by atoms with E-state index >= 15 is 0 Å². The van der Waals surface area contributed by atoms with Crippen LogP contribution in [0.4, 0.5) is 0 Å². The minimum Gasteiger partial charge on any atom is -0.497 e. The van der Waals surface area contributed by atoms with Gasteiger partial charge in [-0.3, -0.25) is 9.55 Å². The third kappa shape index (κ3) is 4.46. The molecule has 29 heavy (non-hydrogen) atoms. The molecule has 0 amide bonds. The highest BCUT2D eigenvalue weighted by molar-refractivity contribution is 7.71. The van der Waals surface area contributed by atoms with Crippen LogP contribution in [0.25, 0.3) is 11.4 Å². The average molecular weight is 409 g/mol. The molecule has 3 aromatic rings. The topological polar surface area (TPSA) is 49.3 Å². The molecule has 0 radical (unpaired) electrons. The number of pyridine rings is 1. The Balaban J connectivity index is 1.61. The summed E-state index contributed by atoms with van der Waals surface area (Å²) in [6.07, 6.45) is 7.94. The van der Waals surface area contributed by atoms with Gasteiger partial charge in [-0.25, -0.2) is 0 Å². The van der Waals surface area contributed by atoms with Crippen LogP contribution in [-0.2, 0) is 19.8 Å². The fraction of sp³-hybridized carbons (Fsp3) is 0.318. The van der Waals surface area contributed by atoms with Gasteiger partial charge in [0.05, 0.1) is 13.2 Å². The van der Waals surface area contributed by atoms with Crippen molar-refractivity contribution in [3.8, 4) is 17.1 Å². The number of benzene rings is 1. The van der Waals surface area contributed by atoms with Gasteiger partial charge in [0.2, 0.25) is 4.77 Å². The molecular formula is C22H26N5OS+. The van der Waals surface area contributed by atoms with Crippen molar-refractivity contribution in [3.05, 3.63) is 71.8 Å². The van der Waals surface area contributed by atoms with Crippen molar-refractivity contribution in [2.45, 2.75) is 38.6 Å². The number of aromatic nitrogens is 4. The highest BCUT2D eigenvalue weighted by Gasteiger charge is 2.34. The summed E-state index contributed by atoms with van der Waals surface area (Å²) in [6, 6.07) is 12.9. The third-order valence-electron chi connectivity index (χ3n) is 5.25. The molecule has 2 aromatic heterocycles. The van der Waals surface area contributed by atoms with E-state index in [2.05, 4.69) is 23.7 Å². The Morgan fingerprint density at radius 1 is 1.28 bits per heavy atom. The van der Waals surface area contributed by atoms with Crippen LogP contribution in [0.3, 0.4) is 0 Å². The standard InChI is InChI=1S/C22H25N5OS/c1-3-13-26-21(18-5-4-12-23-14-18)24-27(22(26)29)16-25(19-8-9-19)15-17-6-10-20(28-2)11-7-17/h3-7,10-12,14,19H,1,8-9,13,15-16H2,2H3/p+1. The lowest BCUT2D eigenvalue weighted by molar-refractivity contribution is -0.947. The van der Waals surface area contributed by atoms with Crippen molar-refractivity contribution in [1.29, 1.82) is 0 Å². The maximum absolute atomic E-state index is 5.77. The van der Waals surface area contributed by atoms with Gasteiger partial charge in [0.25, 0.3) is 0 Å². The quantitative estimate of drug-likeness (QED) is 0.437. The van der Waals surface area contributed by atoms with Gasteiger partial charge in [-0.2, -0.15) is 4.68 Å². The summed E-state index contributed by atoms with van der Waals surface area (Å²) in [5, 5.41) is 4.86. The molecule has 1 aliphatic rings. The second-order valence-corrected chi connectivity index (χ2v) is 7.73. The minimum absolute atomic E-state index is 0.625. The summed E-state index contributed by atoms with van der Waals surface area (Å²) in [5.74, 6) is 1.72. The van der Waals surface area contributed by atoms with Crippen LogP contribution >= 0.6 is 12.2 Å². The molecule has 7 heteroatoms. The van der Waals surface area contributed by atoms with Crippen LogP contribution in [0.1, 0.15) is 18.4 Å². The molecule has 0 spiro atoms. The van der Waals surface area contributed by atoms with E-state index in [1.165, 1.54) is 23.3 Å². The predicted octanol–water partition coefficient (Wildman–Crippen LogP) is 2.88. The number of allylic oxidation sites excluding steroid dienone is 1. The van der Waals surface area contributed by atoms with E-state index in [1.807, 2.05) is 45.8 Å². The van der Waals surface area contributed by atoms with Crippen molar-refractivity contribution in [1.82, 2.24) is 19.3 Å². The summed E-state index contributed by atoms with van der Waals surface area (Å²) >= 11 is 5.77. The van der Waals surface area contributed by atoms with Crippen molar-refractivity contribution >= 4 is 12.2 Å². The third-order valence-corrected chi connectivity index (χ3v) is 5.68. The molecule has 1 atom stereocenters. The highest BCUT2D eigenvalue weighted by Crippen LogP contribution is 2.19. The van der Waals surface area contributed by atoms with Crippen LogP contribution in [0.5, 0.6) is 5.75 Å². The maximum Gasteiger partial charge on any atom is 0.203 e. The van der Waals surface area contributed by atoms with Crippen LogP contribution in [0.15, 0.2) is 61.4 Å². The SMILES string of the molecule is C=CCn1c(-c2cccnc2)nn(C[NH+](Cc2ccc(OC)cc2)C2CC2)c1=S. The van der Waals surface area contributed by atoms with Gasteiger partial charge in [0.1, 0.15) is 12.3 Å². The monoisotopic (exact) mass is 408 g/mol. The molecule has 150 valence electrons. The summed E-state index contributed by atoms with van der Waals surface area (Å²) in [5.41, 5.74) is 2.25. The summed E-state index contributed by atoms with van der Waals surface area (Å²) < 4.78 is 9.98. The zero-order valence-electron chi connectivity index (χ0n) is 16.6. The lowest BCUT2D eigenvalue weighted by Gasteiger charge is -2.19. The van der Waals surface area contributed by atoms with E-state index in [4.69, 9.17) is 22.1 Å². The highest BCUT2D eigenvalue weighted by atomic mass is 32.1. The molecular weight excluding hydrogens is 382 g/mol. The number of rotatable bonds is 9. The fourth-order valence-corrected chi connectivity index (χ4v) is 3.83. The van der Waals surface area contributed by atoms with E-state index in [0.29, 0.717) is 12.6 Å². The van der Waals surface area contributed by atoms with Crippen molar-refractivity contribution in [2.75, 3.05) is 7.11 Å². The van der Waals surface area contributed by atoms with Crippen LogP contribution in [0.2, 0.25) is 0 Å². The second kappa shape index (κ2) is 8.71. The van der Waals surface area contributed by atoms with Crippen LogP contribution in [0, 0.1) is 4.77 Å². The zero-order valence-corrected chi connectivity index (χ0v) is 17.4. The molecule has 0 bridgehead atoms. The van der Waals surface area contributed by atoms with Crippen LogP contribution < -0.4 is 9.64 Å². The van der Waals surface area contributed by atoms with E-state index in [0.717, 1.165) is 35.1 Å². The molecule has 0 aliphatic heterocycles. The number of ether oxygens (including phenoxy) is 1. The van der Waals surface area contributed by atoms with Gasteiger partial charge in [0.15, 0.2) is 12.5 Å². The molecule has 2 heterocycles. The predicted molar refractivity (Wildman–Crippen MR) is 115 cm³/mol. The Hall–Kier alpha value is -2.77. The smallest absolute Gasteiger partial charge is 0.203 e. The van der Waals surface area contributed by atoms with Gasteiger partial charge in [-0.1, -0.05) is 6.08 Å². The molecule has 0 saturated heterocycles.